The summed E-state index contributed by atoms with van der Waals surface area (Å²) in [6.07, 6.45) is 1.93. The first-order valence-electron chi connectivity index (χ1n) is 5.82. The largest absolute Gasteiger partial charge is 0.496 e. The molecule has 0 spiro atoms. The third-order valence-corrected chi connectivity index (χ3v) is 4.30. The summed E-state index contributed by atoms with van der Waals surface area (Å²) in [6, 6.07) is 10.2. The zero-order valence-corrected chi connectivity index (χ0v) is 12.6. The van der Waals surface area contributed by atoms with Crippen molar-refractivity contribution in [1.29, 1.82) is 0 Å². The first-order chi connectivity index (χ1) is 8.70. The molecule has 2 rings (SSSR count). The van der Waals surface area contributed by atoms with E-state index in [0.717, 1.165) is 28.6 Å². The van der Waals surface area contributed by atoms with Crippen LogP contribution in [0.3, 0.4) is 0 Å². The molecule has 1 heterocycles. The molecule has 2 aromatic rings. The zero-order chi connectivity index (χ0) is 13.0. The van der Waals surface area contributed by atoms with Gasteiger partial charge in [0.25, 0.3) is 0 Å². The fraction of sp³-hybridized carbons (Fsp3) is 0.286. The number of nitrogens with two attached hydrogens (primary N) is 1. The lowest BCUT2D eigenvalue weighted by molar-refractivity contribution is 0.404. The van der Waals surface area contributed by atoms with Crippen molar-refractivity contribution in [1.82, 2.24) is 0 Å². The van der Waals surface area contributed by atoms with Gasteiger partial charge in [0.1, 0.15) is 5.75 Å². The average molecular weight is 326 g/mol. The van der Waals surface area contributed by atoms with Crippen molar-refractivity contribution in [3.8, 4) is 5.75 Å². The van der Waals surface area contributed by atoms with Crippen LogP contribution in [0.15, 0.2) is 40.2 Å². The molecule has 0 aliphatic rings. The molecule has 0 aliphatic heterocycles. The molecule has 1 aromatic carbocycles. The molecule has 0 radical (unpaired) electrons. The maximum Gasteiger partial charge on any atom is 0.123 e. The van der Waals surface area contributed by atoms with Crippen molar-refractivity contribution >= 4 is 27.3 Å². The Labute approximate surface area is 120 Å². The summed E-state index contributed by atoms with van der Waals surface area (Å²) in [4.78, 5) is 1.37. The van der Waals surface area contributed by atoms with Crippen LogP contribution < -0.4 is 10.5 Å². The summed E-state index contributed by atoms with van der Waals surface area (Å²) in [5, 5.41) is 2.10. The standard InChI is InChI=1S/C14H16BrNOS/c1-17-14-7-4-10(15)9-12(14)13(16)6-5-11-3-2-8-18-11/h2-4,7-9,13H,5-6,16H2,1H3. The number of rotatable bonds is 5. The van der Waals surface area contributed by atoms with E-state index in [9.17, 15) is 0 Å². The Morgan fingerprint density at radius 3 is 2.89 bits per heavy atom. The van der Waals surface area contributed by atoms with E-state index < -0.39 is 0 Å². The van der Waals surface area contributed by atoms with Crippen LogP contribution in [0, 0.1) is 0 Å². The van der Waals surface area contributed by atoms with E-state index in [1.54, 1.807) is 18.4 Å². The maximum absolute atomic E-state index is 6.26. The van der Waals surface area contributed by atoms with Crippen molar-refractivity contribution in [2.75, 3.05) is 7.11 Å². The summed E-state index contributed by atoms with van der Waals surface area (Å²) in [5.41, 5.74) is 7.32. The van der Waals surface area contributed by atoms with E-state index in [-0.39, 0.29) is 6.04 Å². The average Bonchev–Trinajstić information content (AvgIpc) is 2.89. The molecular formula is C14H16BrNOS. The van der Waals surface area contributed by atoms with E-state index in [2.05, 4.69) is 33.4 Å². The number of hydrogen-bond acceptors (Lipinski definition) is 3. The monoisotopic (exact) mass is 325 g/mol. The molecule has 4 heteroatoms. The van der Waals surface area contributed by atoms with Gasteiger partial charge in [0.05, 0.1) is 7.11 Å². The first-order valence-corrected chi connectivity index (χ1v) is 7.49. The smallest absolute Gasteiger partial charge is 0.123 e. The molecule has 1 unspecified atom stereocenters. The molecule has 0 saturated heterocycles. The minimum atomic E-state index is -0.000417. The molecule has 1 aromatic heterocycles. The van der Waals surface area contributed by atoms with Gasteiger partial charge >= 0.3 is 0 Å². The highest BCUT2D eigenvalue weighted by Gasteiger charge is 2.12. The number of benzene rings is 1. The highest BCUT2D eigenvalue weighted by Crippen LogP contribution is 2.29. The maximum atomic E-state index is 6.26. The topological polar surface area (TPSA) is 35.2 Å². The molecule has 18 heavy (non-hydrogen) atoms. The quantitative estimate of drug-likeness (QED) is 0.896. The van der Waals surface area contributed by atoms with Crippen LogP contribution in [0.5, 0.6) is 5.75 Å². The van der Waals surface area contributed by atoms with Crippen molar-refractivity contribution < 1.29 is 4.74 Å². The number of thiophene rings is 1. The van der Waals surface area contributed by atoms with Crippen LogP contribution in [0.1, 0.15) is 22.9 Å². The fourth-order valence-electron chi connectivity index (χ4n) is 1.90. The molecule has 2 nitrogen and oxygen atoms in total. The van der Waals surface area contributed by atoms with Crippen LogP contribution in [-0.2, 0) is 6.42 Å². The molecule has 0 saturated carbocycles. The summed E-state index contributed by atoms with van der Waals surface area (Å²) >= 11 is 5.25. The second-order valence-electron chi connectivity index (χ2n) is 4.11. The lowest BCUT2D eigenvalue weighted by Gasteiger charge is -2.15. The normalized spacial score (nSPS) is 12.4. The van der Waals surface area contributed by atoms with Gasteiger partial charge in [-0.15, -0.1) is 11.3 Å². The lowest BCUT2D eigenvalue weighted by atomic mass is 10.0. The van der Waals surface area contributed by atoms with Gasteiger partial charge in [-0.2, -0.15) is 0 Å². The molecule has 0 aliphatic carbocycles. The molecule has 1 atom stereocenters. The number of ether oxygens (including phenoxy) is 1. The van der Waals surface area contributed by atoms with E-state index >= 15 is 0 Å². The van der Waals surface area contributed by atoms with E-state index in [1.807, 2.05) is 18.2 Å². The van der Waals surface area contributed by atoms with Gasteiger partial charge in [-0.25, -0.2) is 0 Å². The van der Waals surface area contributed by atoms with Crippen molar-refractivity contribution in [2.24, 2.45) is 5.73 Å². The van der Waals surface area contributed by atoms with Crippen molar-refractivity contribution in [3.05, 3.63) is 50.6 Å². The predicted molar refractivity (Wildman–Crippen MR) is 80.3 cm³/mol. The Morgan fingerprint density at radius 1 is 1.39 bits per heavy atom. The summed E-state index contributed by atoms with van der Waals surface area (Å²) in [6.45, 7) is 0. The summed E-state index contributed by atoms with van der Waals surface area (Å²) < 4.78 is 6.39. The highest BCUT2D eigenvalue weighted by molar-refractivity contribution is 9.10. The minimum Gasteiger partial charge on any atom is -0.496 e. The van der Waals surface area contributed by atoms with Crippen molar-refractivity contribution in [2.45, 2.75) is 18.9 Å². The van der Waals surface area contributed by atoms with Crippen LogP contribution in [0.2, 0.25) is 0 Å². The number of halogens is 1. The number of hydrogen-bond donors (Lipinski definition) is 1. The number of methoxy groups -OCH3 is 1. The molecule has 96 valence electrons. The Bertz CT molecular complexity index is 499. The molecule has 2 N–H and O–H groups in total. The minimum absolute atomic E-state index is 0.000417. The highest BCUT2D eigenvalue weighted by atomic mass is 79.9. The third kappa shape index (κ3) is 3.34. The summed E-state index contributed by atoms with van der Waals surface area (Å²) in [7, 11) is 1.68. The van der Waals surface area contributed by atoms with Gasteiger partial charge < -0.3 is 10.5 Å². The zero-order valence-electron chi connectivity index (χ0n) is 10.2. The fourth-order valence-corrected chi connectivity index (χ4v) is 3.01. The van der Waals surface area contributed by atoms with Gasteiger partial charge in [-0.3, -0.25) is 0 Å². The summed E-state index contributed by atoms with van der Waals surface area (Å²) in [5.74, 6) is 0.858. The van der Waals surface area contributed by atoms with Gasteiger partial charge in [0.15, 0.2) is 0 Å². The third-order valence-electron chi connectivity index (χ3n) is 2.87. The second kappa shape index (κ2) is 6.36. The molecular weight excluding hydrogens is 310 g/mol. The molecule has 0 bridgehead atoms. The molecule has 0 amide bonds. The van der Waals surface area contributed by atoms with E-state index in [4.69, 9.17) is 10.5 Å². The van der Waals surface area contributed by atoms with Crippen molar-refractivity contribution in [3.63, 3.8) is 0 Å². The Morgan fingerprint density at radius 2 is 2.22 bits per heavy atom. The Kier molecular flexibility index (Phi) is 4.80. The van der Waals surface area contributed by atoms with E-state index in [1.165, 1.54) is 4.88 Å². The number of aryl methyl sites for hydroxylation is 1. The molecule has 0 fully saturated rings. The van der Waals surface area contributed by atoms with Crippen LogP contribution >= 0.6 is 27.3 Å². The van der Waals surface area contributed by atoms with E-state index in [0.29, 0.717) is 0 Å². The van der Waals surface area contributed by atoms with Crippen LogP contribution in [0.25, 0.3) is 0 Å². The lowest BCUT2D eigenvalue weighted by Crippen LogP contribution is -2.12. The van der Waals surface area contributed by atoms with Crippen LogP contribution in [-0.4, -0.2) is 7.11 Å². The Balaban J connectivity index is 2.08. The van der Waals surface area contributed by atoms with Gasteiger partial charge in [0.2, 0.25) is 0 Å². The second-order valence-corrected chi connectivity index (χ2v) is 6.06. The first kappa shape index (κ1) is 13.6. The van der Waals surface area contributed by atoms with Gasteiger partial charge in [-0.1, -0.05) is 22.0 Å². The van der Waals surface area contributed by atoms with Crippen LogP contribution in [0.4, 0.5) is 0 Å². The van der Waals surface area contributed by atoms with Gasteiger partial charge in [-0.05, 0) is 42.5 Å². The van der Waals surface area contributed by atoms with Gasteiger partial charge in [0, 0.05) is 21.0 Å². The predicted octanol–water partition coefficient (Wildman–Crippen LogP) is 4.15. The Hall–Kier alpha value is -0.840. The SMILES string of the molecule is COc1ccc(Br)cc1C(N)CCc1cccs1.